The van der Waals surface area contributed by atoms with Gasteiger partial charge in [-0.3, -0.25) is 0 Å². The minimum absolute atomic E-state index is 0.0105. The van der Waals surface area contributed by atoms with Crippen LogP contribution < -0.4 is 5.32 Å². The monoisotopic (exact) mass is 369 g/mol. The van der Waals surface area contributed by atoms with Gasteiger partial charge in [0.25, 0.3) is 0 Å². The number of benzene rings is 1. The van der Waals surface area contributed by atoms with E-state index < -0.39 is 16.0 Å². The van der Waals surface area contributed by atoms with Crippen LogP contribution in [-0.4, -0.2) is 67.5 Å². The van der Waals surface area contributed by atoms with Gasteiger partial charge in [0, 0.05) is 32.7 Å². The molecule has 1 aliphatic rings. The zero-order chi connectivity index (χ0) is 18.8. The third-order valence-electron chi connectivity index (χ3n) is 4.34. The number of nitrogens with one attached hydrogen (secondary N) is 1. The summed E-state index contributed by atoms with van der Waals surface area (Å²) in [5.41, 5.74) is 1.10. The highest BCUT2D eigenvalue weighted by molar-refractivity contribution is 7.89. The summed E-state index contributed by atoms with van der Waals surface area (Å²) in [5, 5.41) is 11.9. The number of aromatic carboxylic acids is 1. The molecule has 0 bridgehead atoms. The lowest BCUT2D eigenvalue weighted by atomic mass is 10.1. The number of carboxylic acid groups (broad SMARTS) is 1. The van der Waals surface area contributed by atoms with Crippen LogP contribution in [0.15, 0.2) is 17.0 Å². The molecule has 138 valence electrons. The maximum atomic E-state index is 13.0. The first kappa shape index (κ1) is 19.2. The van der Waals surface area contributed by atoms with Gasteiger partial charge >= 0.3 is 12.0 Å². The number of aryl methyl sites for hydroxylation is 1. The largest absolute Gasteiger partial charge is 0.478 e. The van der Waals surface area contributed by atoms with Gasteiger partial charge in [-0.1, -0.05) is 0 Å². The van der Waals surface area contributed by atoms with Crippen molar-refractivity contribution in [3.05, 3.63) is 28.8 Å². The number of carbonyl (C=O) groups excluding carboxylic acids is 1. The van der Waals surface area contributed by atoms with Gasteiger partial charge in [0.05, 0.1) is 10.5 Å². The summed E-state index contributed by atoms with van der Waals surface area (Å²) in [6, 6.07) is 2.46. The fourth-order valence-electron chi connectivity index (χ4n) is 2.75. The van der Waals surface area contributed by atoms with E-state index in [0.717, 1.165) is 0 Å². The van der Waals surface area contributed by atoms with Crippen molar-refractivity contribution in [1.29, 1.82) is 0 Å². The van der Waals surface area contributed by atoms with Crippen LogP contribution in [0.1, 0.15) is 28.4 Å². The number of amides is 2. The first-order valence-electron chi connectivity index (χ1n) is 8.06. The van der Waals surface area contributed by atoms with E-state index in [-0.39, 0.29) is 29.6 Å². The lowest BCUT2D eigenvalue weighted by Crippen LogP contribution is -2.53. The van der Waals surface area contributed by atoms with Crippen molar-refractivity contribution in [2.75, 3.05) is 32.7 Å². The quantitative estimate of drug-likeness (QED) is 0.825. The van der Waals surface area contributed by atoms with Crippen LogP contribution >= 0.6 is 0 Å². The molecule has 9 heteroatoms. The van der Waals surface area contributed by atoms with Gasteiger partial charge in [-0.2, -0.15) is 4.31 Å². The van der Waals surface area contributed by atoms with Crippen LogP contribution in [0.25, 0.3) is 0 Å². The zero-order valence-corrected chi connectivity index (χ0v) is 15.4. The van der Waals surface area contributed by atoms with Crippen LogP contribution in [-0.2, 0) is 10.0 Å². The SMILES string of the molecule is CCNC(=O)N1CCN(S(=O)(=O)c2cc(C(=O)O)cc(C)c2C)CC1. The molecular weight excluding hydrogens is 346 g/mol. The van der Waals surface area contributed by atoms with E-state index >= 15 is 0 Å². The molecule has 0 aromatic heterocycles. The summed E-state index contributed by atoms with van der Waals surface area (Å²) in [7, 11) is -3.82. The summed E-state index contributed by atoms with van der Waals surface area (Å²) in [5.74, 6) is -1.17. The highest BCUT2D eigenvalue weighted by Gasteiger charge is 2.32. The number of piperazine rings is 1. The van der Waals surface area contributed by atoms with Crippen LogP contribution in [0.4, 0.5) is 4.79 Å². The molecule has 1 aromatic rings. The maximum Gasteiger partial charge on any atom is 0.335 e. The fourth-order valence-corrected chi connectivity index (χ4v) is 4.50. The van der Waals surface area contributed by atoms with Crippen molar-refractivity contribution >= 4 is 22.0 Å². The van der Waals surface area contributed by atoms with Gasteiger partial charge in [-0.25, -0.2) is 18.0 Å². The highest BCUT2D eigenvalue weighted by atomic mass is 32.2. The normalized spacial score (nSPS) is 15.9. The Morgan fingerprint density at radius 1 is 1.16 bits per heavy atom. The molecule has 25 heavy (non-hydrogen) atoms. The Labute approximate surface area is 147 Å². The predicted octanol–water partition coefficient (Wildman–Crippen LogP) is 1.04. The number of nitrogens with zero attached hydrogens (tertiary/aromatic N) is 2. The van der Waals surface area contributed by atoms with E-state index in [0.29, 0.717) is 30.8 Å². The van der Waals surface area contributed by atoms with Crippen molar-refractivity contribution < 1.29 is 23.1 Å². The molecule has 8 nitrogen and oxygen atoms in total. The van der Waals surface area contributed by atoms with E-state index in [4.69, 9.17) is 0 Å². The molecule has 1 aliphatic heterocycles. The molecule has 2 N–H and O–H groups in total. The molecule has 0 atom stereocenters. The standard InChI is InChI=1S/C16H23N3O5S/c1-4-17-16(22)18-5-7-19(8-6-18)25(23,24)14-10-13(15(20)21)9-11(2)12(14)3/h9-10H,4-8H2,1-3H3,(H,17,22)(H,20,21). The van der Waals surface area contributed by atoms with Crippen LogP contribution in [0, 0.1) is 13.8 Å². The number of carboxylic acids is 1. The number of hydrogen-bond acceptors (Lipinski definition) is 4. The van der Waals surface area contributed by atoms with Crippen molar-refractivity contribution in [3.8, 4) is 0 Å². The van der Waals surface area contributed by atoms with Crippen LogP contribution in [0.2, 0.25) is 0 Å². The molecule has 0 spiro atoms. The van der Waals surface area contributed by atoms with Gasteiger partial charge in [0.15, 0.2) is 0 Å². The molecule has 1 fully saturated rings. The smallest absolute Gasteiger partial charge is 0.335 e. The fraction of sp³-hybridized carbons (Fsp3) is 0.500. The van der Waals surface area contributed by atoms with Gasteiger partial charge in [0.2, 0.25) is 10.0 Å². The van der Waals surface area contributed by atoms with E-state index in [1.165, 1.54) is 16.4 Å². The number of urea groups is 1. The number of sulfonamides is 1. The lowest BCUT2D eigenvalue weighted by Gasteiger charge is -2.34. The van der Waals surface area contributed by atoms with Gasteiger partial charge < -0.3 is 15.3 Å². The van der Waals surface area contributed by atoms with E-state index in [2.05, 4.69) is 5.32 Å². The zero-order valence-electron chi connectivity index (χ0n) is 14.6. The summed E-state index contributed by atoms with van der Waals surface area (Å²) >= 11 is 0. The second-order valence-corrected chi connectivity index (χ2v) is 7.85. The third kappa shape index (κ3) is 3.93. The Hall–Kier alpha value is -2.13. The molecule has 0 unspecified atom stereocenters. The summed E-state index contributed by atoms with van der Waals surface area (Å²) < 4.78 is 27.2. The number of rotatable bonds is 4. The first-order valence-corrected chi connectivity index (χ1v) is 9.50. The Morgan fingerprint density at radius 3 is 2.28 bits per heavy atom. The second kappa shape index (κ2) is 7.40. The number of hydrogen-bond donors (Lipinski definition) is 2. The topological polar surface area (TPSA) is 107 Å². The molecular formula is C16H23N3O5S. The third-order valence-corrected chi connectivity index (χ3v) is 6.36. The lowest BCUT2D eigenvalue weighted by molar-refractivity contribution is 0.0696. The summed E-state index contributed by atoms with van der Waals surface area (Å²) in [6.07, 6.45) is 0. The maximum absolute atomic E-state index is 13.0. The Bertz CT molecular complexity index is 783. The average Bonchev–Trinajstić information content (AvgIpc) is 2.57. The highest BCUT2D eigenvalue weighted by Crippen LogP contribution is 2.25. The van der Waals surface area contributed by atoms with Crippen molar-refractivity contribution in [3.63, 3.8) is 0 Å². The van der Waals surface area contributed by atoms with E-state index in [1.807, 2.05) is 6.92 Å². The molecule has 0 aliphatic carbocycles. The Balaban J connectivity index is 2.26. The second-order valence-electron chi connectivity index (χ2n) is 5.95. The number of carbonyl (C=O) groups is 2. The molecule has 1 heterocycles. The van der Waals surface area contributed by atoms with E-state index in [1.54, 1.807) is 18.7 Å². The molecule has 2 rings (SSSR count). The van der Waals surface area contributed by atoms with Gasteiger partial charge in [-0.05, 0) is 44.0 Å². The van der Waals surface area contributed by atoms with Gasteiger partial charge in [-0.15, -0.1) is 0 Å². The molecule has 0 saturated carbocycles. The molecule has 2 amide bonds. The Kier molecular flexibility index (Phi) is 5.69. The first-order chi connectivity index (χ1) is 11.7. The Morgan fingerprint density at radius 2 is 1.76 bits per heavy atom. The van der Waals surface area contributed by atoms with Crippen LogP contribution in [0.5, 0.6) is 0 Å². The van der Waals surface area contributed by atoms with Crippen molar-refractivity contribution in [1.82, 2.24) is 14.5 Å². The average molecular weight is 369 g/mol. The minimum atomic E-state index is -3.82. The summed E-state index contributed by atoms with van der Waals surface area (Å²) in [4.78, 5) is 24.6. The van der Waals surface area contributed by atoms with E-state index in [9.17, 15) is 23.1 Å². The summed E-state index contributed by atoms with van der Waals surface area (Å²) in [6.45, 7) is 6.62. The molecule has 1 saturated heterocycles. The van der Waals surface area contributed by atoms with Crippen molar-refractivity contribution in [2.24, 2.45) is 0 Å². The molecule has 0 radical (unpaired) electrons. The minimum Gasteiger partial charge on any atom is -0.478 e. The van der Waals surface area contributed by atoms with Crippen LogP contribution in [0.3, 0.4) is 0 Å². The molecule has 1 aromatic carbocycles. The predicted molar refractivity (Wildman–Crippen MR) is 92.3 cm³/mol. The van der Waals surface area contributed by atoms with Crippen molar-refractivity contribution in [2.45, 2.75) is 25.7 Å². The van der Waals surface area contributed by atoms with Gasteiger partial charge in [0.1, 0.15) is 0 Å².